The zero-order valence-electron chi connectivity index (χ0n) is 8.73. The zero-order valence-corrected chi connectivity index (χ0v) is 10.3. The van der Waals surface area contributed by atoms with Gasteiger partial charge >= 0.3 is 0 Å². The molecule has 74 valence electrons. The van der Waals surface area contributed by atoms with Gasteiger partial charge in [-0.2, -0.15) is 0 Å². The van der Waals surface area contributed by atoms with Crippen molar-refractivity contribution in [3.8, 4) is 0 Å². The maximum absolute atomic E-state index is 3.53. The molecule has 2 heteroatoms. The second-order valence-electron chi connectivity index (χ2n) is 4.06. The van der Waals surface area contributed by atoms with Gasteiger partial charge in [-0.15, -0.1) is 0 Å². The van der Waals surface area contributed by atoms with Crippen LogP contribution >= 0.6 is 15.9 Å². The van der Waals surface area contributed by atoms with Gasteiger partial charge in [-0.3, -0.25) is 0 Å². The number of nitrogens with one attached hydrogen (secondary N) is 1. The predicted octanol–water partition coefficient (Wildman–Crippen LogP) is 3.04. The molecule has 0 spiro atoms. The fraction of sp³-hybridized carbons (Fsp3) is 1.00. The Labute approximate surface area is 85.4 Å². The Morgan fingerprint density at radius 2 is 1.75 bits per heavy atom. The van der Waals surface area contributed by atoms with Gasteiger partial charge in [0.05, 0.1) is 0 Å². The molecule has 0 aliphatic heterocycles. The smallest absolute Gasteiger partial charge is 0.00723 e. The summed E-state index contributed by atoms with van der Waals surface area (Å²) < 4.78 is 0. The summed E-state index contributed by atoms with van der Waals surface area (Å²) in [6, 6.07) is 0.628. The lowest BCUT2D eigenvalue weighted by atomic mass is 10.1. The van der Waals surface area contributed by atoms with Crippen molar-refractivity contribution in [1.82, 2.24) is 5.32 Å². The minimum Gasteiger partial charge on any atom is -0.314 e. The fourth-order valence-electron chi connectivity index (χ4n) is 0.934. The van der Waals surface area contributed by atoms with E-state index < -0.39 is 0 Å². The third-order valence-corrected chi connectivity index (χ3v) is 3.31. The van der Waals surface area contributed by atoms with Gasteiger partial charge < -0.3 is 5.32 Å². The topological polar surface area (TPSA) is 12.0 Å². The molecule has 0 aliphatic carbocycles. The van der Waals surface area contributed by atoms with Crippen LogP contribution in [0.25, 0.3) is 0 Å². The molecule has 0 aliphatic rings. The number of hydrogen-bond acceptors (Lipinski definition) is 1. The van der Waals surface area contributed by atoms with Crippen LogP contribution in [0.1, 0.15) is 34.1 Å². The standard InChI is InChI=1S/C10H22BrN/c1-8(2)5-6-12-10(4)9(3)7-11/h8-10,12H,5-7H2,1-4H3. The Hall–Kier alpha value is 0.440. The Bertz CT molecular complexity index is 104. The number of hydrogen-bond donors (Lipinski definition) is 1. The normalized spacial score (nSPS) is 16.5. The van der Waals surface area contributed by atoms with E-state index in [1.165, 1.54) is 6.42 Å². The molecule has 0 radical (unpaired) electrons. The van der Waals surface area contributed by atoms with Crippen LogP contribution in [0.5, 0.6) is 0 Å². The molecule has 1 N–H and O–H groups in total. The summed E-state index contributed by atoms with van der Waals surface area (Å²) in [6.45, 7) is 10.2. The molecule has 12 heavy (non-hydrogen) atoms. The Kier molecular flexibility index (Phi) is 7.16. The summed E-state index contributed by atoms with van der Waals surface area (Å²) in [5.74, 6) is 1.53. The lowest BCUT2D eigenvalue weighted by Gasteiger charge is -2.19. The van der Waals surface area contributed by atoms with Crippen LogP contribution in [-0.4, -0.2) is 17.9 Å². The zero-order chi connectivity index (χ0) is 9.56. The first-order chi connectivity index (χ1) is 5.57. The highest BCUT2D eigenvalue weighted by molar-refractivity contribution is 9.09. The molecule has 1 nitrogen and oxygen atoms in total. The van der Waals surface area contributed by atoms with Gasteiger partial charge in [0.25, 0.3) is 0 Å². The summed E-state index contributed by atoms with van der Waals surface area (Å²) in [6.07, 6.45) is 1.28. The van der Waals surface area contributed by atoms with Crippen molar-refractivity contribution in [3.05, 3.63) is 0 Å². The van der Waals surface area contributed by atoms with Crippen molar-refractivity contribution in [2.75, 3.05) is 11.9 Å². The summed E-state index contributed by atoms with van der Waals surface area (Å²) in [4.78, 5) is 0. The first-order valence-electron chi connectivity index (χ1n) is 4.87. The van der Waals surface area contributed by atoms with E-state index in [0.29, 0.717) is 6.04 Å². The van der Waals surface area contributed by atoms with Crippen molar-refractivity contribution < 1.29 is 0 Å². The predicted molar refractivity (Wildman–Crippen MR) is 59.9 cm³/mol. The van der Waals surface area contributed by atoms with E-state index in [-0.39, 0.29) is 0 Å². The monoisotopic (exact) mass is 235 g/mol. The molecular formula is C10H22BrN. The average molecular weight is 236 g/mol. The Morgan fingerprint density at radius 3 is 2.17 bits per heavy atom. The Balaban J connectivity index is 3.37. The first kappa shape index (κ1) is 12.4. The number of rotatable bonds is 6. The Morgan fingerprint density at radius 1 is 1.17 bits per heavy atom. The lowest BCUT2D eigenvalue weighted by Crippen LogP contribution is -2.33. The molecule has 0 saturated carbocycles. The molecule has 0 fully saturated rings. The van der Waals surface area contributed by atoms with Crippen LogP contribution in [0.2, 0.25) is 0 Å². The molecule has 2 unspecified atom stereocenters. The van der Waals surface area contributed by atoms with Gasteiger partial charge in [0.1, 0.15) is 0 Å². The third kappa shape index (κ3) is 6.01. The van der Waals surface area contributed by atoms with E-state index in [9.17, 15) is 0 Å². The molecule has 2 atom stereocenters. The van der Waals surface area contributed by atoms with E-state index in [1.54, 1.807) is 0 Å². The maximum Gasteiger partial charge on any atom is 0.00723 e. The molecule has 0 saturated heterocycles. The summed E-state index contributed by atoms with van der Waals surface area (Å²) in [7, 11) is 0. The highest BCUT2D eigenvalue weighted by Crippen LogP contribution is 2.06. The van der Waals surface area contributed by atoms with Gasteiger partial charge in [0, 0.05) is 11.4 Å². The van der Waals surface area contributed by atoms with Gasteiger partial charge in [-0.25, -0.2) is 0 Å². The molecule has 0 rings (SSSR count). The summed E-state index contributed by atoms with van der Waals surface area (Å²) in [5, 5.41) is 4.62. The second kappa shape index (κ2) is 6.90. The van der Waals surface area contributed by atoms with Crippen molar-refractivity contribution in [2.45, 2.75) is 40.2 Å². The summed E-state index contributed by atoms with van der Waals surface area (Å²) in [5.41, 5.74) is 0. The van der Waals surface area contributed by atoms with Crippen LogP contribution < -0.4 is 5.32 Å². The fourth-order valence-corrected chi connectivity index (χ4v) is 1.50. The van der Waals surface area contributed by atoms with Crippen molar-refractivity contribution in [2.24, 2.45) is 11.8 Å². The molecule has 0 aromatic carbocycles. The van der Waals surface area contributed by atoms with Gasteiger partial charge in [-0.1, -0.05) is 36.7 Å². The summed E-state index contributed by atoms with van der Waals surface area (Å²) >= 11 is 3.50. The van der Waals surface area contributed by atoms with Crippen molar-refractivity contribution >= 4 is 15.9 Å². The first-order valence-corrected chi connectivity index (χ1v) is 5.99. The van der Waals surface area contributed by atoms with E-state index >= 15 is 0 Å². The second-order valence-corrected chi connectivity index (χ2v) is 4.70. The van der Waals surface area contributed by atoms with E-state index in [2.05, 4.69) is 48.9 Å². The van der Waals surface area contributed by atoms with Crippen LogP contribution in [0.3, 0.4) is 0 Å². The molecule has 0 heterocycles. The highest BCUT2D eigenvalue weighted by atomic mass is 79.9. The van der Waals surface area contributed by atoms with Crippen LogP contribution in [0, 0.1) is 11.8 Å². The number of alkyl halides is 1. The molecule has 0 aromatic heterocycles. The molecular weight excluding hydrogens is 214 g/mol. The van der Waals surface area contributed by atoms with Gasteiger partial charge in [0.15, 0.2) is 0 Å². The average Bonchev–Trinajstić information content (AvgIpc) is 2.02. The highest BCUT2D eigenvalue weighted by Gasteiger charge is 2.09. The van der Waals surface area contributed by atoms with Gasteiger partial charge in [-0.05, 0) is 31.7 Å². The van der Waals surface area contributed by atoms with Crippen LogP contribution in [-0.2, 0) is 0 Å². The van der Waals surface area contributed by atoms with Crippen LogP contribution in [0.15, 0.2) is 0 Å². The quantitative estimate of drug-likeness (QED) is 0.699. The van der Waals surface area contributed by atoms with Crippen molar-refractivity contribution in [3.63, 3.8) is 0 Å². The number of halogens is 1. The SMILES string of the molecule is CC(C)CCNC(C)C(C)CBr. The van der Waals surface area contributed by atoms with Gasteiger partial charge in [0.2, 0.25) is 0 Å². The third-order valence-electron chi connectivity index (χ3n) is 2.28. The minimum absolute atomic E-state index is 0.628. The maximum atomic E-state index is 3.53. The largest absolute Gasteiger partial charge is 0.314 e. The molecule has 0 aromatic rings. The molecule has 0 amide bonds. The van der Waals surface area contributed by atoms with Crippen LogP contribution in [0.4, 0.5) is 0 Å². The lowest BCUT2D eigenvalue weighted by molar-refractivity contribution is 0.414. The van der Waals surface area contributed by atoms with E-state index in [1.807, 2.05) is 0 Å². The van der Waals surface area contributed by atoms with E-state index in [0.717, 1.165) is 23.7 Å². The molecule has 0 bridgehead atoms. The van der Waals surface area contributed by atoms with E-state index in [4.69, 9.17) is 0 Å². The van der Waals surface area contributed by atoms with Crippen molar-refractivity contribution in [1.29, 1.82) is 0 Å². The minimum atomic E-state index is 0.628.